The normalized spacial score (nSPS) is 16.1. The van der Waals surface area contributed by atoms with E-state index in [1.165, 1.54) is 29.6 Å². The van der Waals surface area contributed by atoms with Crippen LogP contribution in [0.1, 0.15) is 16.8 Å². The minimum Gasteiger partial charge on any atom is -0.465 e. The van der Waals surface area contributed by atoms with Crippen LogP contribution in [0.4, 0.5) is 5.69 Å². The minimum atomic E-state index is -3.74. The molecule has 0 fully saturated rings. The van der Waals surface area contributed by atoms with Gasteiger partial charge in [0.25, 0.3) is 0 Å². The molecule has 108 valence electrons. The molecule has 0 amide bonds. The number of rotatable bonds is 3. The van der Waals surface area contributed by atoms with E-state index in [2.05, 4.69) is 4.74 Å². The molecule has 0 bridgehead atoms. The van der Waals surface area contributed by atoms with Crippen LogP contribution in [0.15, 0.2) is 35.2 Å². The molecule has 1 aromatic carbocycles. The number of ether oxygens (including phenoxy) is 1. The van der Waals surface area contributed by atoms with Gasteiger partial charge in [0.1, 0.15) is 0 Å². The molecule has 1 heterocycles. The van der Waals surface area contributed by atoms with Crippen LogP contribution in [-0.4, -0.2) is 38.9 Å². The molecule has 1 aromatic rings. The maximum Gasteiger partial charge on any atom is 0.339 e. The Morgan fingerprint density at radius 3 is 2.70 bits per heavy atom. The summed E-state index contributed by atoms with van der Waals surface area (Å²) in [5, 5.41) is 0. The Labute approximate surface area is 117 Å². The Bertz CT molecular complexity index is 652. The molecule has 0 atom stereocenters. The summed E-state index contributed by atoms with van der Waals surface area (Å²) >= 11 is 0. The highest BCUT2D eigenvalue weighted by atomic mass is 32.2. The van der Waals surface area contributed by atoms with E-state index in [0.717, 1.165) is 0 Å². The van der Waals surface area contributed by atoms with Crippen LogP contribution in [0, 0.1) is 0 Å². The van der Waals surface area contributed by atoms with Gasteiger partial charge in [-0.3, -0.25) is 0 Å². The highest BCUT2D eigenvalue weighted by molar-refractivity contribution is 7.89. The number of nitrogens with zero attached hydrogens (tertiary/aromatic N) is 1. The summed E-state index contributed by atoms with van der Waals surface area (Å²) in [7, 11) is -2.54. The van der Waals surface area contributed by atoms with Gasteiger partial charge in [0.05, 0.1) is 17.6 Å². The molecule has 0 spiro atoms. The SMILES string of the molecule is COC(=O)c1cc(N)ccc1S(=O)(=O)N1CC=CCC1. The molecule has 2 rings (SSSR count). The van der Waals surface area contributed by atoms with Gasteiger partial charge in [0, 0.05) is 18.8 Å². The lowest BCUT2D eigenvalue weighted by molar-refractivity contribution is 0.0596. The van der Waals surface area contributed by atoms with E-state index in [-0.39, 0.29) is 10.5 Å². The third-order valence-corrected chi connectivity index (χ3v) is 4.97. The third-order valence-electron chi connectivity index (χ3n) is 3.05. The first-order valence-corrected chi connectivity index (χ1v) is 7.54. The first-order chi connectivity index (χ1) is 9.46. The number of hydrogen-bond acceptors (Lipinski definition) is 5. The molecule has 6 nitrogen and oxygen atoms in total. The van der Waals surface area contributed by atoms with E-state index in [1.54, 1.807) is 6.08 Å². The van der Waals surface area contributed by atoms with Crippen molar-refractivity contribution < 1.29 is 17.9 Å². The van der Waals surface area contributed by atoms with E-state index < -0.39 is 16.0 Å². The van der Waals surface area contributed by atoms with Gasteiger partial charge in [-0.15, -0.1) is 0 Å². The number of hydrogen-bond donors (Lipinski definition) is 1. The lowest BCUT2D eigenvalue weighted by Gasteiger charge is -2.23. The molecule has 20 heavy (non-hydrogen) atoms. The highest BCUT2D eigenvalue weighted by Gasteiger charge is 2.29. The molecule has 0 saturated heterocycles. The number of sulfonamides is 1. The summed E-state index contributed by atoms with van der Waals surface area (Å²) in [6, 6.07) is 4.12. The molecule has 0 saturated carbocycles. The van der Waals surface area contributed by atoms with Gasteiger partial charge in [0.2, 0.25) is 10.0 Å². The highest BCUT2D eigenvalue weighted by Crippen LogP contribution is 2.24. The number of nitrogen functional groups attached to an aromatic ring is 1. The van der Waals surface area contributed by atoms with Gasteiger partial charge >= 0.3 is 5.97 Å². The Kier molecular flexibility index (Phi) is 4.10. The number of methoxy groups -OCH3 is 1. The van der Waals surface area contributed by atoms with Crippen molar-refractivity contribution in [2.75, 3.05) is 25.9 Å². The van der Waals surface area contributed by atoms with Gasteiger partial charge in [-0.1, -0.05) is 12.2 Å². The Morgan fingerprint density at radius 2 is 2.10 bits per heavy atom. The Balaban J connectivity index is 2.51. The topological polar surface area (TPSA) is 89.7 Å². The molecular formula is C13H16N2O4S. The zero-order chi connectivity index (χ0) is 14.8. The van der Waals surface area contributed by atoms with Crippen LogP contribution < -0.4 is 5.73 Å². The lowest BCUT2D eigenvalue weighted by atomic mass is 10.2. The maximum atomic E-state index is 12.6. The smallest absolute Gasteiger partial charge is 0.339 e. The summed E-state index contributed by atoms with van der Waals surface area (Å²) in [6.07, 6.45) is 4.37. The van der Waals surface area contributed by atoms with Gasteiger partial charge in [0.15, 0.2) is 0 Å². The molecule has 0 aromatic heterocycles. The predicted octanol–water partition coefficient (Wildman–Crippen LogP) is 1.01. The molecule has 7 heteroatoms. The number of nitrogens with two attached hydrogens (primary N) is 1. The van der Waals surface area contributed by atoms with Crippen LogP contribution in [0.2, 0.25) is 0 Å². The fourth-order valence-electron chi connectivity index (χ4n) is 2.02. The summed E-state index contributed by atoms with van der Waals surface area (Å²) in [5.41, 5.74) is 5.88. The minimum absolute atomic E-state index is 0.0398. The van der Waals surface area contributed by atoms with Crippen molar-refractivity contribution >= 4 is 21.7 Å². The molecule has 0 unspecified atom stereocenters. The van der Waals surface area contributed by atoms with Crippen molar-refractivity contribution in [2.45, 2.75) is 11.3 Å². The Hall–Kier alpha value is -1.86. The second-order valence-electron chi connectivity index (χ2n) is 4.37. The zero-order valence-electron chi connectivity index (χ0n) is 11.1. The lowest BCUT2D eigenvalue weighted by Crippen LogP contribution is -2.34. The monoisotopic (exact) mass is 296 g/mol. The molecule has 0 aliphatic carbocycles. The van der Waals surface area contributed by atoms with Crippen LogP contribution in [0.5, 0.6) is 0 Å². The molecule has 2 N–H and O–H groups in total. The predicted molar refractivity (Wildman–Crippen MR) is 74.7 cm³/mol. The standard InChI is InChI=1S/C13H16N2O4S/c1-19-13(16)11-9-10(14)5-6-12(11)20(17,18)15-7-3-2-4-8-15/h2-3,5-6,9H,4,7-8,14H2,1H3. The van der Waals surface area contributed by atoms with Crippen LogP contribution in [0.25, 0.3) is 0 Å². The van der Waals surface area contributed by atoms with E-state index in [0.29, 0.717) is 25.2 Å². The van der Waals surface area contributed by atoms with Crippen molar-refractivity contribution in [3.05, 3.63) is 35.9 Å². The largest absolute Gasteiger partial charge is 0.465 e. The number of esters is 1. The summed E-state index contributed by atoms with van der Waals surface area (Å²) in [5.74, 6) is -0.719. The van der Waals surface area contributed by atoms with Crippen LogP contribution in [0.3, 0.4) is 0 Å². The zero-order valence-corrected chi connectivity index (χ0v) is 11.9. The second kappa shape index (κ2) is 5.64. The van der Waals surface area contributed by atoms with Crippen molar-refractivity contribution in [2.24, 2.45) is 0 Å². The number of carbonyl (C=O) groups is 1. The summed E-state index contributed by atoms with van der Waals surface area (Å²) in [6.45, 7) is 0.692. The molecular weight excluding hydrogens is 280 g/mol. The average Bonchev–Trinajstić information content (AvgIpc) is 2.47. The number of benzene rings is 1. The summed E-state index contributed by atoms with van der Waals surface area (Å²) < 4.78 is 31.1. The van der Waals surface area contributed by atoms with Crippen molar-refractivity contribution in [1.82, 2.24) is 4.31 Å². The number of carbonyl (C=O) groups excluding carboxylic acids is 1. The van der Waals surface area contributed by atoms with Crippen LogP contribution >= 0.6 is 0 Å². The van der Waals surface area contributed by atoms with Gasteiger partial charge < -0.3 is 10.5 Å². The fraction of sp³-hybridized carbons (Fsp3) is 0.308. The van der Waals surface area contributed by atoms with Crippen LogP contribution in [-0.2, 0) is 14.8 Å². The summed E-state index contributed by atoms with van der Waals surface area (Å²) in [4.78, 5) is 11.7. The van der Waals surface area contributed by atoms with Gasteiger partial charge in [-0.05, 0) is 24.6 Å². The second-order valence-corrected chi connectivity index (χ2v) is 6.28. The van der Waals surface area contributed by atoms with Crippen molar-refractivity contribution in [1.29, 1.82) is 0 Å². The molecule has 1 aliphatic rings. The van der Waals surface area contributed by atoms with E-state index in [4.69, 9.17) is 5.73 Å². The first-order valence-electron chi connectivity index (χ1n) is 6.10. The van der Waals surface area contributed by atoms with E-state index in [1.807, 2.05) is 6.08 Å². The quantitative estimate of drug-likeness (QED) is 0.510. The molecule has 0 radical (unpaired) electrons. The maximum absolute atomic E-state index is 12.6. The number of anilines is 1. The average molecular weight is 296 g/mol. The van der Waals surface area contributed by atoms with E-state index >= 15 is 0 Å². The van der Waals surface area contributed by atoms with E-state index in [9.17, 15) is 13.2 Å². The first kappa shape index (κ1) is 14.5. The van der Waals surface area contributed by atoms with Crippen molar-refractivity contribution in [3.63, 3.8) is 0 Å². The van der Waals surface area contributed by atoms with Gasteiger partial charge in [-0.2, -0.15) is 4.31 Å². The molecule has 1 aliphatic heterocycles. The Morgan fingerprint density at radius 1 is 1.35 bits per heavy atom. The van der Waals surface area contributed by atoms with Gasteiger partial charge in [-0.25, -0.2) is 13.2 Å². The van der Waals surface area contributed by atoms with Crippen molar-refractivity contribution in [3.8, 4) is 0 Å². The fourth-order valence-corrected chi connectivity index (χ4v) is 3.59. The third kappa shape index (κ3) is 2.68.